The SMILES string of the molecule is CSCCC(NC(=O)C(N)CCCN=C(N)N)C(=O)NC(CO)C(=O)NC(Cc1ccc(O)cc1)C(=O)O. The first-order chi connectivity index (χ1) is 18.0. The van der Waals surface area contributed by atoms with Gasteiger partial charge in [0.25, 0.3) is 0 Å². The van der Waals surface area contributed by atoms with Crippen molar-refractivity contribution in [3.8, 4) is 5.75 Å². The van der Waals surface area contributed by atoms with E-state index in [1.807, 2.05) is 6.26 Å². The van der Waals surface area contributed by atoms with E-state index in [2.05, 4.69) is 20.9 Å². The molecule has 0 aliphatic carbocycles. The molecule has 12 N–H and O–H groups in total. The molecule has 4 unspecified atom stereocenters. The first-order valence-corrected chi connectivity index (χ1v) is 13.2. The molecule has 4 atom stereocenters. The summed E-state index contributed by atoms with van der Waals surface area (Å²) in [5.41, 5.74) is 17.0. The molecule has 0 heterocycles. The summed E-state index contributed by atoms with van der Waals surface area (Å²) in [7, 11) is 0. The Morgan fingerprint density at radius 2 is 1.53 bits per heavy atom. The fraction of sp³-hybridized carbons (Fsp3) is 0.522. The molecule has 38 heavy (non-hydrogen) atoms. The number of nitrogens with two attached hydrogens (primary N) is 3. The minimum absolute atomic E-state index is 0.00253. The first kappa shape index (κ1) is 32.5. The van der Waals surface area contributed by atoms with Crippen LogP contribution in [0.2, 0.25) is 0 Å². The molecule has 0 radical (unpaired) electrons. The molecule has 1 aromatic carbocycles. The van der Waals surface area contributed by atoms with E-state index in [1.54, 1.807) is 0 Å². The molecule has 0 saturated heterocycles. The van der Waals surface area contributed by atoms with Gasteiger partial charge in [-0.05, 0) is 49.0 Å². The lowest BCUT2D eigenvalue weighted by Crippen LogP contribution is -2.58. The van der Waals surface area contributed by atoms with Gasteiger partial charge in [-0.25, -0.2) is 4.79 Å². The van der Waals surface area contributed by atoms with Crippen molar-refractivity contribution in [1.29, 1.82) is 0 Å². The summed E-state index contributed by atoms with van der Waals surface area (Å²) in [4.78, 5) is 53.6. The largest absolute Gasteiger partial charge is 0.508 e. The number of guanidine groups is 1. The third-order valence-electron chi connectivity index (χ3n) is 5.35. The fourth-order valence-corrected chi connectivity index (χ4v) is 3.71. The lowest BCUT2D eigenvalue weighted by atomic mass is 10.1. The van der Waals surface area contributed by atoms with Gasteiger partial charge in [0.05, 0.1) is 12.6 Å². The average Bonchev–Trinajstić information content (AvgIpc) is 2.87. The van der Waals surface area contributed by atoms with Gasteiger partial charge in [-0.15, -0.1) is 0 Å². The maximum atomic E-state index is 12.9. The van der Waals surface area contributed by atoms with Crippen LogP contribution in [0.4, 0.5) is 0 Å². The molecular formula is C23H37N7O7S. The van der Waals surface area contributed by atoms with Crippen LogP contribution in [0, 0.1) is 0 Å². The number of aliphatic hydroxyl groups excluding tert-OH is 1. The first-order valence-electron chi connectivity index (χ1n) is 11.8. The van der Waals surface area contributed by atoms with Crippen LogP contribution in [0.25, 0.3) is 0 Å². The average molecular weight is 556 g/mol. The van der Waals surface area contributed by atoms with Crippen LogP contribution in [0.3, 0.4) is 0 Å². The molecule has 0 aliphatic rings. The van der Waals surface area contributed by atoms with Crippen LogP contribution in [-0.2, 0) is 25.6 Å². The number of aliphatic carboxylic acids is 1. The summed E-state index contributed by atoms with van der Waals surface area (Å²) in [6.45, 7) is -0.520. The van der Waals surface area contributed by atoms with Crippen molar-refractivity contribution < 1.29 is 34.5 Å². The number of carboxylic acids is 1. The number of aromatic hydroxyl groups is 1. The van der Waals surface area contributed by atoms with Crippen LogP contribution in [0.5, 0.6) is 5.75 Å². The van der Waals surface area contributed by atoms with Crippen LogP contribution >= 0.6 is 11.8 Å². The molecule has 15 heteroatoms. The number of aliphatic hydroxyl groups is 1. The van der Waals surface area contributed by atoms with Gasteiger partial charge in [-0.1, -0.05) is 12.1 Å². The Bertz CT molecular complexity index is 958. The van der Waals surface area contributed by atoms with Crippen molar-refractivity contribution in [2.45, 2.75) is 49.9 Å². The third-order valence-corrected chi connectivity index (χ3v) is 6.00. The number of benzene rings is 1. The Labute approximate surface area is 224 Å². The van der Waals surface area contributed by atoms with Gasteiger partial charge in [0, 0.05) is 13.0 Å². The Morgan fingerprint density at radius 1 is 0.947 bits per heavy atom. The highest BCUT2D eigenvalue weighted by Crippen LogP contribution is 2.12. The number of nitrogens with zero attached hydrogens (tertiary/aromatic N) is 1. The number of aliphatic imine (C=N–C) groups is 1. The van der Waals surface area contributed by atoms with Crippen LogP contribution < -0.4 is 33.2 Å². The molecular weight excluding hydrogens is 518 g/mol. The number of rotatable bonds is 17. The van der Waals surface area contributed by atoms with Gasteiger partial charge < -0.3 is 48.5 Å². The maximum absolute atomic E-state index is 12.9. The summed E-state index contributed by atoms with van der Waals surface area (Å²) in [5.74, 6) is -3.13. The van der Waals surface area contributed by atoms with Crippen molar-refractivity contribution in [1.82, 2.24) is 16.0 Å². The third kappa shape index (κ3) is 12.1. The lowest BCUT2D eigenvalue weighted by molar-refractivity contribution is -0.142. The second-order valence-corrected chi connectivity index (χ2v) is 9.40. The van der Waals surface area contributed by atoms with Crippen molar-refractivity contribution in [3.05, 3.63) is 29.8 Å². The van der Waals surface area contributed by atoms with E-state index in [1.165, 1.54) is 36.0 Å². The number of phenols is 1. The van der Waals surface area contributed by atoms with Crippen molar-refractivity contribution in [2.75, 3.05) is 25.2 Å². The monoisotopic (exact) mass is 555 g/mol. The number of phenolic OH excluding ortho intramolecular Hbond substituents is 1. The Morgan fingerprint density at radius 3 is 2.08 bits per heavy atom. The number of hydrogen-bond acceptors (Lipinski definition) is 9. The van der Waals surface area contributed by atoms with E-state index in [0.29, 0.717) is 17.7 Å². The van der Waals surface area contributed by atoms with E-state index in [0.717, 1.165) is 0 Å². The number of amides is 3. The standard InChI is InChI=1S/C23H37N7O7S/c1-38-10-8-16(28-19(33)15(24)3-2-9-27-23(25)26)20(34)30-18(12-31)21(35)29-17(22(36)37)11-13-4-6-14(32)7-5-13/h4-7,15-18,31-32H,2-3,8-12,24H2,1H3,(H,28,33)(H,29,35)(H,30,34)(H,36,37)(H4,25,26,27). The Hall–Kier alpha value is -3.56. The molecule has 0 aliphatic heterocycles. The van der Waals surface area contributed by atoms with Gasteiger partial charge >= 0.3 is 5.97 Å². The van der Waals surface area contributed by atoms with E-state index in [9.17, 15) is 34.5 Å². The predicted octanol–water partition coefficient (Wildman–Crippen LogP) is -2.40. The number of nitrogens with one attached hydrogen (secondary N) is 3. The molecule has 212 valence electrons. The van der Waals surface area contributed by atoms with Crippen molar-refractivity contribution in [2.24, 2.45) is 22.2 Å². The second-order valence-electron chi connectivity index (χ2n) is 8.41. The smallest absolute Gasteiger partial charge is 0.326 e. The second kappa shape index (κ2) is 17.0. The van der Waals surface area contributed by atoms with E-state index in [-0.39, 0.29) is 37.5 Å². The maximum Gasteiger partial charge on any atom is 0.326 e. The van der Waals surface area contributed by atoms with Gasteiger partial charge in [0.15, 0.2) is 5.96 Å². The van der Waals surface area contributed by atoms with E-state index in [4.69, 9.17) is 17.2 Å². The van der Waals surface area contributed by atoms with E-state index < -0.39 is 54.5 Å². The van der Waals surface area contributed by atoms with Gasteiger partial charge in [0.2, 0.25) is 17.7 Å². The van der Waals surface area contributed by atoms with Crippen LogP contribution in [0.1, 0.15) is 24.8 Å². The fourth-order valence-electron chi connectivity index (χ4n) is 3.24. The van der Waals surface area contributed by atoms with Gasteiger partial charge in [0.1, 0.15) is 23.9 Å². The van der Waals surface area contributed by atoms with Gasteiger partial charge in [-0.2, -0.15) is 11.8 Å². The molecule has 0 fully saturated rings. The predicted molar refractivity (Wildman–Crippen MR) is 143 cm³/mol. The Kier molecular flexibility index (Phi) is 14.6. The lowest BCUT2D eigenvalue weighted by Gasteiger charge is -2.24. The molecule has 0 saturated carbocycles. The molecule has 3 amide bonds. The number of carbonyl (C=O) groups excluding carboxylic acids is 3. The summed E-state index contributed by atoms with van der Waals surface area (Å²) in [6.07, 6.45) is 2.64. The molecule has 1 rings (SSSR count). The summed E-state index contributed by atoms with van der Waals surface area (Å²) >= 11 is 1.44. The quantitative estimate of drug-likeness (QED) is 0.0556. The van der Waals surface area contributed by atoms with Crippen LogP contribution in [-0.4, -0.2) is 94.3 Å². The number of hydrogen-bond donors (Lipinski definition) is 9. The van der Waals surface area contributed by atoms with Crippen molar-refractivity contribution >= 4 is 41.4 Å². The normalized spacial score (nSPS) is 13.9. The molecule has 0 bridgehead atoms. The summed E-state index contributed by atoms with van der Waals surface area (Å²) < 4.78 is 0. The van der Waals surface area contributed by atoms with Crippen LogP contribution in [0.15, 0.2) is 29.3 Å². The summed E-state index contributed by atoms with van der Waals surface area (Å²) in [6, 6.07) is 0.973. The topological polar surface area (TPSA) is 255 Å². The molecule has 14 nitrogen and oxygen atoms in total. The zero-order valence-corrected chi connectivity index (χ0v) is 21.9. The minimum Gasteiger partial charge on any atom is -0.508 e. The highest BCUT2D eigenvalue weighted by atomic mass is 32.2. The zero-order chi connectivity index (χ0) is 28.7. The highest BCUT2D eigenvalue weighted by Gasteiger charge is 2.30. The molecule has 1 aromatic rings. The number of carboxylic acid groups (broad SMARTS) is 1. The molecule has 0 aromatic heterocycles. The van der Waals surface area contributed by atoms with Gasteiger partial charge in [-0.3, -0.25) is 19.4 Å². The number of thioether (sulfide) groups is 1. The zero-order valence-electron chi connectivity index (χ0n) is 21.1. The summed E-state index contributed by atoms with van der Waals surface area (Å²) in [5, 5.41) is 35.8. The molecule has 0 spiro atoms. The number of carbonyl (C=O) groups is 4. The minimum atomic E-state index is -1.47. The Balaban J connectivity index is 2.80. The highest BCUT2D eigenvalue weighted by molar-refractivity contribution is 7.98. The van der Waals surface area contributed by atoms with Crippen molar-refractivity contribution in [3.63, 3.8) is 0 Å². The van der Waals surface area contributed by atoms with E-state index >= 15 is 0 Å².